The van der Waals surface area contributed by atoms with Crippen LogP contribution in [0.25, 0.3) is 10.2 Å². The van der Waals surface area contributed by atoms with Crippen molar-refractivity contribution in [2.24, 2.45) is 0 Å². The van der Waals surface area contributed by atoms with Gasteiger partial charge in [0, 0.05) is 19.0 Å². The minimum absolute atomic E-state index is 0.0103. The first-order chi connectivity index (χ1) is 11.2. The van der Waals surface area contributed by atoms with Crippen molar-refractivity contribution < 1.29 is 9.21 Å². The normalized spacial score (nSPS) is 18.5. The third-order valence-corrected chi connectivity index (χ3v) is 5.52. The second kappa shape index (κ2) is 5.81. The number of aromatic nitrogens is 1. The lowest BCUT2D eigenvalue weighted by atomic mass is 9.98. The minimum atomic E-state index is -0.0103. The zero-order chi connectivity index (χ0) is 15.8. The number of likely N-dealkylation sites (tertiary alicyclic amines) is 1. The van der Waals surface area contributed by atoms with Gasteiger partial charge in [-0.15, -0.1) is 11.3 Å². The van der Waals surface area contributed by atoms with Crippen LogP contribution in [0.3, 0.4) is 0 Å². The van der Waals surface area contributed by atoms with Gasteiger partial charge in [-0.3, -0.25) is 4.79 Å². The molecule has 3 heterocycles. The number of benzene rings is 1. The van der Waals surface area contributed by atoms with Crippen LogP contribution in [-0.2, 0) is 0 Å². The number of amides is 1. The van der Waals surface area contributed by atoms with Gasteiger partial charge in [0.1, 0.15) is 5.76 Å². The fourth-order valence-corrected chi connectivity index (χ4v) is 4.23. The van der Waals surface area contributed by atoms with Gasteiger partial charge >= 0.3 is 0 Å². The number of para-hydroxylation sites is 1. The van der Waals surface area contributed by atoms with Crippen molar-refractivity contribution in [1.82, 2.24) is 9.88 Å². The van der Waals surface area contributed by atoms with Gasteiger partial charge < -0.3 is 9.32 Å². The van der Waals surface area contributed by atoms with Crippen LogP contribution in [0.2, 0.25) is 0 Å². The van der Waals surface area contributed by atoms with Crippen LogP contribution in [-0.4, -0.2) is 28.9 Å². The smallest absolute Gasteiger partial charge is 0.289 e. The Bertz CT molecular complexity index is 818. The van der Waals surface area contributed by atoms with Gasteiger partial charge in [0.25, 0.3) is 5.91 Å². The number of fused-ring (bicyclic) bond motifs is 1. The Morgan fingerprint density at radius 1 is 1.30 bits per heavy atom. The summed E-state index contributed by atoms with van der Waals surface area (Å²) in [6.07, 6.45) is 2.09. The summed E-state index contributed by atoms with van der Waals surface area (Å²) in [6, 6.07) is 11.8. The van der Waals surface area contributed by atoms with Crippen LogP contribution in [0, 0.1) is 6.92 Å². The van der Waals surface area contributed by atoms with Crippen LogP contribution in [0.1, 0.15) is 40.1 Å². The number of carbonyl (C=O) groups excluding carboxylic acids is 1. The maximum atomic E-state index is 12.6. The highest BCUT2D eigenvalue weighted by molar-refractivity contribution is 7.18. The summed E-state index contributed by atoms with van der Waals surface area (Å²) in [5.41, 5.74) is 1.05. The lowest BCUT2D eigenvalue weighted by Gasteiger charge is -2.31. The maximum absolute atomic E-state index is 12.6. The molecule has 5 heteroatoms. The van der Waals surface area contributed by atoms with Crippen molar-refractivity contribution in [3.05, 3.63) is 52.9 Å². The topological polar surface area (TPSA) is 46.3 Å². The van der Waals surface area contributed by atoms with E-state index in [0.717, 1.165) is 42.2 Å². The molecule has 0 N–H and O–H groups in total. The van der Waals surface area contributed by atoms with Crippen LogP contribution >= 0.6 is 11.3 Å². The van der Waals surface area contributed by atoms with Gasteiger partial charge in [0.05, 0.1) is 15.2 Å². The molecule has 1 aliphatic heterocycles. The predicted molar refractivity (Wildman–Crippen MR) is 90.9 cm³/mol. The fourth-order valence-electron chi connectivity index (χ4n) is 3.13. The minimum Gasteiger partial charge on any atom is -0.456 e. The Morgan fingerprint density at radius 3 is 2.96 bits per heavy atom. The summed E-state index contributed by atoms with van der Waals surface area (Å²) in [4.78, 5) is 19.2. The van der Waals surface area contributed by atoms with E-state index in [4.69, 9.17) is 9.40 Å². The molecule has 1 fully saturated rings. The number of rotatable bonds is 2. The molecule has 1 amide bonds. The van der Waals surface area contributed by atoms with E-state index in [9.17, 15) is 4.79 Å². The first kappa shape index (κ1) is 14.5. The second-order valence-corrected chi connectivity index (χ2v) is 7.08. The summed E-state index contributed by atoms with van der Waals surface area (Å²) in [5.74, 6) is 1.52. The van der Waals surface area contributed by atoms with Crippen molar-refractivity contribution in [1.29, 1.82) is 0 Å². The molecule has 4 nitrogen and oxygen atoms in total. The first-order valence-corrected chi connectivity index (χ1v) is 8.73. The van der Waals surface area contributed by atoms with Crippen LogP contribution in [0.4, 0.5) is 0 Å². The zero-order valence-electron chi connectivity index (χ0n) is 13.0. The van der Waals surface area contributed by atoms with Crippen molar-refractivity contribution >= 4 is 27.5 Å². The number of piperidine rings is 1. The molecule has 23 heavy (non-hydrogen) atoms. The molecule has 0 aliphatic carbocycles. The molecule has 1 saturated heterocycles. The summed E-state index contributed by atoms with van der Waals surface area (Å²) < 4.78 is 6.70. The van der Waals surface area contributed by atoms with Crippen LogP contribution < -0.4 is 0 Å². The van der Waals surface area contributed by atoms with Crippen molar-refractivity contribution in [3.8, 4) is 0 Å². The molecule has 4 rings (SSSR count). The monoisotopic (exact) mass is 326 g/mol. The fraction of sp³-hybridized carbons (Fsp3) is 0.333. The molecule has 1 aliphatic rings. The van der Waals surface area contributed by atoms with Crippen LogP contribution in [0.15, 0.2) is 40.8 Å². The van der Waals surface area contributed by atoms with E-state index < -0.39 is 0 Å². The highest BCUT2D eigenvalue weighted by Gasteiger charge is 2.28. The number of thiazole rings is 1. The number of aryl methyl sites for hydroxylation is 1. The number of hydrogen-bond donors (Lipinski definition) is 0. The van der Waals surface area contributed by atoms with Crippen molar-refractivity contribution in [3.63, 3.8) is 0 Å². The van der Waals surface area contributed by atoms with Gasteiger partial charge in [0.2, 0.25) is 0 Å². The molecule has 0 spiro atoms. The Kier molecular flexibility index (Phi) is 3.65. The van der Waals surface area contributed by atoms with Crippen LogP contribution in [0.5, 0.6) is 0 Å². The molecule has 2 aromatic heterocycles. The van der Waals surface area contributed by atoms with E-state index in [-0.39, 0.29) is 5.91 Å². The quantitative estimate of drug-likeness (QED) is 0.708. The van der Waals surface area contributed by atoms with Crippen molar-refractivity contribution in [2.45, 2.75) is 25.7 Å². The Hall–Kier alpha value is -2.14. The number of nitrogens with zero attached hydrogens (tertiary/aromatic N) is 2. The van der Waals surface area contributed by atoms with Gasteiger partial charge in [-0.1, -0.05) is 12.1 Å². The molecular formula is C18H18N2O2S. The molecule has 0 bridgehead atoms. The molecule has 118 valence electrons. The predicted octanol–water partition coefficient (Wildman–Crippen LogP) is 4.22. The summed E-state index contributed by atoms with van der Waals surface area (Å²) in [7, 11) is 0. The maximum Gasteiger partial charge on any atom is 0.289 e. The van der Waals surface area contributed by atoms with E-state index in [0.29, 0.717) is 11.7 Å². The number of hydrogen-bond acceptors (Lipinski definition) is 4. The standard InChI is InChI=1S/C18H18N2O2S/c1-12-8-9-15(22-12)18(21)20-10-4-5-13(11-20)17-19-14-6-2-3-7-16(14)23-17/h2-3,6-9,13H,4-5,10-11H2,1H3/t13-/m0/s1. The third kappa shape index (κ3) is 2.77. The molecule has 3 aromatic rings. The molecular weight excluding hydrogens is 308 g/mol. The molecule has 1 atom stereocenters. The van der Waals surface area contributed by atoms with Gasteiger partial charge in [-0.05, 0) is 44.0 Å². The SMILES string of the molecule is Cc1ccc(C(=O)N2CCC[C@H](c3nc4ccccc4s3)C2)o1. The molecule has 0 radical (unpaired) electrons. The van der Waals surface area contributed by atoms with E-state index in [1.54, 1.807) is 17.4 Å². The van der Waals surface area contributed by atoms with E-state index in [2.05, 4.69) is 6.07 Å². The lowest BCUT2D eigenvalue weighted by molar-refractivity contribution is 0.0673. The average Bonchev–Trinajstić information content (AvgIpc) is 3.20. The Balaban J connectivity index is 1.55. The van der Waals surface area contributed by atoms with E-state index in [1.165, 1.54) is 4.70 Å². The zero-order valence-corrected chi connectivity index (χ0v) is 13.8. The highest BCUT2D eigenvalue weighted by Crippen LogP contribution is 2.33. The molecule has 0 saturated carbocycles. The number of carbonyl (C=O) groups is 1. The second-order valence-electron chi connectivity index (χ2n) is 6.02. The molecule has 0 unspecified atom stereocenters. The summed E-state index contributed by atoms with van der Waals surface area (Å²) in [5, 5.41) is 1.14. The molecule has 1 aromatic carbocycles. The van der Waals surface area contributed by atoms with E-state index in [1.807, 2.05) is 36.1 Å². The largest absolute Gasteiger partial charge is 0.456 e. The van der Waals surface area contributed by atoms with Gasteiger partial charge in [-0.2, -0.15) is 0 Å². The van der Waals surface area contributed by atoms with Gasteiger partial charge in [0.15, 0.2) is 5.76 Å². The third-order valence-electron chi connectivity index (χ3n) is 4.32. The summed E-state index contributed by atoms with van der Waals surface area (Å²) >= 11 is 1.74. The van der Waals surface area contributed by atoms with Crippen molar-refractivity contribution in [2.75, 3.05) is 13.1 Å². The van der Waals surface area contributed by atoms with Gasteiger partial charge in [-0.25, -0.2) is 4.98 Å². The highest BCUT2D eigenvalue weighted by atomic mass is 32.1. The Morgan fingerprint density at radius 2 is 2.17 bits per heavy atom. The first-order valence-electron chi connectivity index (χ1n) is 7.92. The summed E-state index contributed by atoms with van der Waals surface area (Å²) in [6.45, 7) is 3.37. The van der Waals surface area contributed by atoms with E-state index >= 15 is 0 Å². The number of furan rings is 1. The lowest BCUT2D eigenvalue weighted by Crippen LogP contribution is -2.38. The average molecular weight is 326 g/mol. The Labute approximate surface area is 138 Å².